The summed E-state index contributed by atoms with van der Waals surface area (Å²) in [5, 5.41) is 0. The van der Waals surface area contributed by atoms with Crippen LogP contribution in [-0.4, -0.2) is 50.3 Å². The van der Waals surface area contributed by atoms with Gasteiger partial charge in [0.15, 0.2) is 0 Å². The molecule has 1 aromatic rings. The number of hydrogen-bond donors (Lipinski definition) is 1. The molecule has 2 N–H and O–H groups in total. The average Bonchev–Trinajstić information content (AvgIpc) is 2.59. The Morgan fingerprint density at radius 3 is 2.92 bits per heavy atom. The number of benzene rings is 1. The highest BCUT2D eigenvalue weighted by molar-refractivity contribution is 5.94. The Morgan fingerprint density at radius 1 is 1.42 bits per heavy atom. The minimum absolute atomic E-state index is 0.106. The molecule has 0 aromatic heterocycles. The maximum atomic E-state index is 12.5. The van der Waals surface area contributed by atoms with Gasteiger partial charge in [0.2, 0.25) is 0 Å². The van der Waals surface area contributed by atoms with Gasteiger partial charge in [-0.25, -0.2) is 4.79 Å². The number of rotatable bonds is 5. The van der Waals surface area contributed by atoms with Crippen LogP contribution in [0.3, 0.4) is 0 Å². The van der Waals surface area contributed by atoms with Gasteiger partial charge in [-0.15, -0.1) is 0 Å². The summed E-state index contributed by atoms with van der Waals surface area (Å²) in [5.74, 6) is 0.186. The highest BCUT2D eigenvalue weighted by atomic mass is 16.5. The van der Waals surface area contributed by atoms with Gasteiger partial charge < -0.3 is 20.1 Å². The Balaban J connectivity index is 1.75. The second kappa shape index (κ2) is 7.11. The summed E-state index contributed by atoms with van der Waals surface area (Å²) in [6, 6.07) is 7.06. The summed E-state index contributed by atoms with van der Waals surface area (Å²) in [6.07, 6.45) is 3.56. The first kappa shape index (κ1) is 17.2. The second-order valence-corrected chi connectivity index (χ2v) is 7.16. The molecule has 132 valence electrons. The topological polar surface area (TPSA) is 64.8 Å². The summed E-state index contributed by atoms with van der Waals surface area (Å²) >= 11 is 0. The quantitative estimate of drug-likeness (QED) is 0.663. The number of fused-ring (bicyclic) bond motifs is 2. The first-order valence-electron chi connectivity index (χ1n) is 8.86. The molecule has 1 aliphatic carbocycles. The average molecular weight is 332 g/mol. The number of nitrogen functional groups attached to an aromatic ring is 1. The number of nitrogens with two attached hydrogens (primary N) is 1. The van der Waals surface area contributed by atoms with Crippen molar-refractivity contribution >= 4 is 11.7 Å². The van der Waals surface area contributed by atoms with E-state index in [1.807, 2.05) is 6.07 Å². The minimum atomic E-state index is -0.340. The molecule has 3 unspecified atom stereocenters. The zero-order chi connectivity index (χ0) is 17.2. The molecule has 1 saturated carbocycles. The van der Waals surface area contributed by atoms with Crippen LogP contribution in [0.4, 0.5) is 5.69 Å². The van der Waals surface area contributed by atoms with E-state index in [-0.39, 0.29) is 17.5 Å². The molecule has 3 rings (SSSR count). The van der Waals surface area contributed by atoms with Crippen molar-refractivity contribution in [2.75, 3.05) is 39.1 Å². The van der Waals surface area contributed by atoms with E-state index in [9.17, 15) is 4.79 Å². The number of ether oxygens (including phenoxy) is 2. The Kier molecular flexibility index (Phi) is 5.11. The van der Waals surface area contributed by atoms with Crippen LogP contribution in [0.15, 0.2) is 24.3 Å². The molecule has 1 saturated heterocycles. The molecule has 0 amide bonds. The Bertz CT molecular complexity index is 592. The molecule has 0 radical (unpaired) electrons. The minimum Gasteiger partial charge on any atom is -0.461 e. The summed E-state index contributed by atoms with van der Waals surface area (Å²) in [6.45, 7) is 5.61. The molecule has 5 nitrogen and oxygen atoms in total. The van der Waals surface area contributed by atoms with Crippen LogP contribution in [0.2, 0.25) is 0 Å². The third-order valence-corrected chi connectivity index (χ3v) is 5.69. The van der Waals surface area contributed by atoms with E-state index in [0.29, 0.717) is 23.8 Å². The van der Waals surface area contributed by atoms with E-state index < -0.39 is 0 Å². The molecule has 2 fully saturated rings. The van der Waals surface area contributed by atoms with E-state index in [2.05, 4.69) is 11.8 Å². The number of esters is 1. The van der Waals surface area contributed by atoms with E-state index >= 15 is 0 Å². The standard InChI is InChI=1S/C19H28N2O3/c1-3-21-11-14-7-6-10-19(12-21,17(14)23-2)13-24-18(22)15-8-4-5-9-16(15)20/h4-5,8-9,14,17H,3,6-7,10-13,20H2,1-2H3. The van der Waals surface area contributed by atoms with Crippen molar-refractivity contribution in [1.82, 2.24) is 4.90 Å². The first-order valence-corrected chi connectivity index (χ1v) is 8.86. The lowest BCUT2D eigenvalue weighted by atomic mass is 9.64. The van der Waals surface area contributed by atoms with E-state index in [1.165, 1.54) is 12.8 Å². The second-order valence-electron chi connectivity index (χ2n) is 7.16. The van der Waals surface area contributed by atoms with Crippen molar-refractivity contribution in [2.45, 2.75) is 32.3 Å². The molecule has 1 aromatic carbocycles. The van der Waals surface area contributed by atoms with Crippen LogP contribution in [0.25, 0.3) is 0 Å². The van der Waals surface area contributed by atoms with Crippen LogP contribution in [0.5, 0.6) is 0 Å². The van der Waals surface area contributed by atoms with Gasteiger partial charge >= 0.3 is 5.97 Å². The number of carbonyl (C=O) groups is 1. The van der Waals surface area contributed by atoms with Gasteiger partial charge in [0.05, 0.1) is 11.7 Å². The molecular weight excluding hydrogens is 304 g/mol. The largest absolute Gasteiger partial charge is 0.461 e. The third kappa shape index (κ3) is 3.15. The van der Waals surface area contributed by atoms with Gasteiger partial charge in [0.25, 0.3) is 0 Å². The monoisotopic (exact) mass is 332 g/mol. The lowest BCUT2D eigenvalue weighted by molar-refractivity contribution is -0.150. The lowest BCUT2D eigenvalue weighted by Crippen LogP contribution is -2.61. The summed E-state index contributed by atoms with van der Waals surface area (Å²) in [7, 11) is 1.79. The normalized spacial score (nSPS) is 30.1. The number of anilines is 1. The van der Waals surface area contributed by atoms with Crippen LogP contribution < -0.4 is 5.73 Å². The molecular formula is C19H28N2O3. The molecule has 2 aliphatic rings. The summed E-state index contributed by atoms with van der Waals surface area (Å²) < 4.78 is 11.6. The number of nitrogens with zero attached hydrogens (tertiary/aromatic N) is 1. The molecule has 1 aliphatic heterocycles. The lowest BCUT2D eigenvalue weighted by Gasteiger charge is -2.54. The first-order chi connectivity index (χ1) is 11.6. The van der Waals surface area contributed by atoms with Gasteiger partial charge in [0.1, 0.15) is 6.61 Å². The predicted molar refractivity (Wildman–Crippen MR) is 93.8 cm³/mol. The SMILES string of the molecule is CCN1CC2CCCC(COC(=O)c3ccccc3N)(C1)C2OC. The zero-order valence-electron chi connectivity index (χ0n) is 14.7. The highest BCUT2D eigenvalue weighted by Gasteiger charge is 2.51. The van der Waals surface area contributed by atoms with Crippen molar-refractivity contribution in [2.24, 2.45) is 11.3 Å². The number of hydrogen-bond acceptors (Lipinski definition) is 5. The van der Waals surface area contributed by atoms with Crippen molar-refractivity contribution in [3.05, 3.63) is 29.8 Å². The fourth-order valence-corrected chi connectivity index (χ4v) is 4.56. The van der Waals surface area contributed by atoms with Crippen molar-refractivity contribution in [1.29, 1.82) is 0 Å². The maximum Gasteiger partial charge on any atom is 0.340 e. The number of piperidine rings is 1. The maximum absolute atomic E-state index is 12.5. The van der Waals surface area contributed by atoms with Gasteiger partial charge in [-0.05, 0) is 37.4 Å². The third-order valence-electron chi connectivity index (χ3n) is 5.69. The number of carbonyl (C=O) groups excluding carboxylic acids is 1. The smallest absolute Gasteiger partial charge is 0.340 e. The van der Waals surface area contributed by atoms with Crippen molar-refractivity contribution in [3.8, 4) is 0 Å². The van der Waals surface area contributed by atoms with Crippen molar-refractivity contribution in [3.63, 3.8) is 0 Å². The molecule has 0 spiro atoms. The van der Waals surface area contributed by atoms with Gasteiger partial charge in [-0.2, -0.15) is 0 Å². The van der Waals surface area contributed by atoms with Gasteiger partial charge in [-0.1, -0.05) is 25.5 Å². The zero-order valence-corrected chi connectivity index (χ0v) is 14.7. The molecule has 1 heterocycles. The van der Waals surface area contributed by atoms with Crippen LogP contribution in [0, 0.1) is 11.3 Å². The fourth-order valence-electron chi connectivity index (χ4n) is 4.56. The Morgan fingerprint density at radius 2 is 2.21 bits per heavy atom. The number of likely N-dealkylation sites (tertiary alicyclic amines) is 1. The van der Waals surface area contributed by atoms with Gasteiger partial charge in [0, 0.05) is 31.3 Å². The fraction of sp³-hybridized carbons (Fsp3) is 0.632. The van der Waals surface area contributed by atoms with Gasteiger partial charge in [-0.3, -0.25) is 0 Å². The van der Waals surface area contributed by atoms with Crippen LogP contribution in [0.1, 0.15) is 36.5 Å². The number of para-hydroxylation sites is 1. The van der Waals surface area contributed by atoms with E-state index in [0.717, 1.165) is 26.1 Å². The van der Waals surface area contributed by atoms with Crippen molar-refractivity contribution < 1.29 is 14.3 Å². The highest BCUT2D eigenvalue weighted by Crippen LogP contribution is 2.46. The Labute approximate surface area is 144 Å². The van der Waals surface area contributed by atoms with E-state index in [1.54, 1.807) is 25.3 Å². The molecule has 24 heavy (non-hydrogen) atoms. The molecule has 2 bridgehead atoms. The number of methoxy groups -OCH3 is 1. The molecule has 3 atom stereocenters. The summed E-state index contributed by atoms with van der Waals surface area (Å²) in [4.78, 5) is 14.9. The van der Waals surface area contributed by atoms with Crippen LogP contribution in [-0.2, 0) is 9.47 Å². The Hall–Kier alpha value is -1.59. The molecule has 5 heteroatoms. The predicted octanol–water partition coefficient (Wildman–Crippen LogP) is 2.56. The van der Waals surface area contributed by atoms with Crippen LogP contribution >= 0.6 is 0 Å². The van der Waals surface area contributed by atoms with E-state index in [4.69, 9.17) is 15.2 Å². The summed E-state index contributed by atoms with van der Waals surface area (Å²) in [5.41, 5.74) is 6.69.